The maximum Gasteiger partial charge on any atom is 0.255 e. The molecule has 0 atom stereocenters. The highest BCUT2D eigenvalue weighted by Gasteiger charge is 2.21. The van der Waals surface area contributed by atoms with Crippen LogP contribution in [0.15, 0.2) is 22.9 Å². The smallest absolute Gasteiger partial charge is 0.255 e. The Bertz CT molecular complexity index is 319. The van der Waals surface area contributed by atoms with Gasteiger partial charge in [-0.2, -0.15) is 0 Å². The summed E-state index contributed by atoms with van der Waals surface area (Å²) in [5.41, 5.74) is 0.669. The fraction of sp³-hybridized carbons (Fsp3) is 0.333. The van der Waals surface area contributed by atoms with Gasteiger partial charge in [-0.15, -0.1) is 0 Å². The zero-order valence-corrected chi connectivity index (χ0v) is 8.62. The van der Waals surface area contributed by atoms with Gasteiger partial charge >= 0.3 is 0 Å². The number of pyridine rings is 1. The Morgan fingerprint density at radius 2 is 2.23 bits per heavy atom. The van der Waals surface area contributed by atoms with Crippen molar-refractivity contribution in [2.45, 2.75) is 6.42 Å². The molecule has 0 aromatic carbocycles. The maximum absolute atomic E-state index is 11.6. The van der Waals surface area contributed by atoms with Crippen molar-refractivity contribution >= 4 is 21.8 Å². The minimum absolute atomic E-state index is 0.0891. The largest absolute Gasteiger partial charge is 0.338 e. The van der Waals surface area contributed by atoms with E-state index in [1.807, 2.05) is 4.90 Å². The van der Waals surface area contributed by atoms with Crippen LogP contribution in [0, 0.1) is 0 Å². The lowest BCUT2D eigenvalue weighted by molar-refractivity contribution is 0.0651. The number of nitrogens with zero attached hydrogens (tertiary/aromatic N) is 2. The second kappa shape index (κ2) is 3.46. The van der Waals surface area contributed by atoms with E-state index in [4.69, 9.17) is 0 Å². The molecular weight excluding hydrogens is 232 g/mol. The molecule has 0 unspecified atom stereocenters. The minimum Gasteiger partial charge on any atom is -0.338 e. The molecule has 1 aliphatic heterocycles. The molecule has 0 aliphatic carbocycles. The van der Waals surface area contributed by atoms with Crippen LogP contribution >= 0.6 is 15.9 Å². The topological polar surface area (TPSA) is 33.2 Å². The number of hydrogen-bond donors (Lipinski definition) is 0. The molecule has 13 heavy (non-hydrogen) atoms. The molecule has 0 spiro atoms. The van der Waals surface area contributed by atoms with E-state index in [0.29, 0.717) is 5.56 Å². The summed E-state index contributed by atoms with van der Waals surface area (Å²) in [4.78, 5) is 17.4. The molecule has 1 amide bonds. The van der Waals surface area contributed by atoms with Gasteiger partial charge in [-0.25, -0.2) is 4.98 Å². The van der Waals surface area contributed by atoms with E-state index in [1.165, 1.54) is 0 Å². The van der Waals surface area contributed by atoms with Crippen LogP contribution in [-0.2, 0) is 0 Å². The van der Waals surface area contributed by atoms with Crippen molar-refractivity contribution in [3.63, 3.8) is 0 Å². The third-order valence-electron chi connectivity index (χ3n) is 2.12. The number of likely N-dealkylation sites (tertiary alicyclic amines) is 1. The molecule has 1 aromatic heterocycles. The fourth-order valence-corrected chi connectivity index (χ4v) is 1.44. The molecule has 0 radical (unpaired) electrons. The van der Waals surface area contributed by atoms with Crippen LogP contribution in [0.1, 0.15) is 16.8 Å². The lowest BCUT2D eigenvalue weighted by Crippen LogP contribution is -2.42. The molecule has 1 fully saturated rings. The van der Waals surface area contributed by atoms with Crippen molar-refractivity contribution in [1.29, 1.82) is 0 Å². The Kier molecular flexibility index (Phi) is 2.31. The molecule has 3 nitrogen and oxygen atoms in total. The van der Waals surface area contributed by atoms with E-state index in [9.17, 15) is 4.79 Å². The van der Waals surface area contributed by atoms with Gasteiger partial charge in [0.15, 0.2) is 0 Å². The summed E-state index contributed by atoms with van der Waals surface area (Å²) in [6.07, 6.45) is 2.72. The summed E-state index contributed by atoms with van der Waals surface area (Å²) in [5, 5.41) is 0. The van der Waals surface area contributed by atoms with Gasteiger partial charge in [0.05, 0.1) is 5.56 Å². The summed E-state index contributed by atoms with van der Waals surface area (Å²) in [6.45, 7) is 1.77. The summed E-state index contributed by atoms with van der Waals surface area (Å²) in [6, 6.07) is 3.57. The van der Waals surface area contributed by atoms with Crippen LogP contribution in [0.3, 0.4) is 0 Å². The van der Waals surface area contributed by atoms with Crippen molar-refractivity contribution in [3.05, 3.63) is 28.5 Å². The quantitative estimate of drug-likeness (QED) is 0.701. The van der Waals surface area contributed by atoms with E-state index in [1.54, 1.807) is 18.3 Å². The van der Waals surface area contributed by atoms with Crippen LogP contribution in [0.5, 0.6) is 0 Å². The highest BCUT2D eigenvalue weighted by atomic mass is 79.9. The summed E-state index contributed by atoms with van der Waals surface area (Å²) >= 11 is 3.23. The van der Waals surface area contributed by atoms with Crippen molar-refractivity contribution in [2.24, 2.45) is 0 Å². The highest BCUT2D eigenvalue weighted by molar-refractivity contribution is 9.10. The van der Waals surface area contributed by atoms with Crippen molar-refractivity contribution in [1.82, 2.24) is 9.88 Å². The zero-order chi connectivity index (χ0) is 9.26. The van der Waals surface area contributed by atoms with Crippen molar-refractivity contribution in [2.75, 3.05) is 13.1 Å². The number of carbonyl (C=O) groups excluding carboxylic acids is 1. The van der Waals surface area contributed by atoms with Crippen LogP contribution in [0.2, 0.25) is 0 Å². The first-order chi connectivity index (χ1) is 6.27. The Hall–Kier alpha value is -0.900. The normalized spacial score (nSPS) is 15.3. The van der Waals surface area contributed by atoms with Gasteiger partial charge in [-0.05, 0) is 34.5 Å². The van der Waals surface area contributed by atoms with Gasteiger partial charge in [-0.1, -0.05) is 0 Å². The Labute approximate surface area is 84.9 Å². The van der Waals surface area contributed by atoms with E-state index in [2.05, 4.69) is 20.9 Å². The SMILES string of the molecule is O=C(c1ccc(Br)nc1)N1CCC1. The first-order valence-electron chi connectivity index (χ1n) is 4.18. The number of aromatic nitrogens is 1. The predicted octanol–water partition coefficient (Wildman–Crippen LogP) is 1.69. The number of carbonyl (C=O) groups is 1. The number of hydrogen-bond acceptors (Lipinski definition) is 2. The van der Waals surface area contributed by atoms with E-state index < -0.39 is 0 Å². The molecule has 2 heterocycles. The molecule has 1 saturated heterocycles. The van der Waals surface area contributed by atoms with E-state index >= 15 is 0 Å². The average molecular weight is 241 g/mol. The molecule has 1 aromatic rings. The Morgan fingerprint density at radius 3 is 2.69 bits per heavy atom. The van der Waals surface area contributed by atoms with Gasteiger partial charge < -0.3 is 4.90 Å². The fourth-order valence-electron chi connectivity index (χ4n) is 1.20. The lowest BCUT2D eigenvalue weighted by Gasteiger charge is -2.30. The van der Waals surface area contributed by atoms with Gasteiger partial charge in [-0.3, -0.25) is 4.79 Å². The van der Waals surface area contributed by atoms with Gasteiger partial charge in [0.1, 0.15) is 4.60 Å². The second-order valence-corrected chi connectivity index (χ2v) is 3.83. The van der Waals surface area contributed by atoms with Crippen LogP contribution in [-0.4, -0.2) is 28.9 Å². The van der Waals surface area contributed by atoms with Crippen molar-refractivity contribution < 1.29 is 4.79 Å². The average Bonchev–Trinajstić information content (AvgIpc) is 2.02. The zero-order valence-electron chi connectivity index (χ0n) is 7.03. The van der Waals surface area contributed by atoms with Gasteiger partial charge in [0.2, 0.25) is 0 Å². The molecule has 1 aliphatic rings. The third kappa shape index (κ3) is 1.72. The Morgan fingerprint density at radius 1 is 1.46 bits per heavy atom. The monoisotopic (exact) mass is 240 g/mol. The molecule has 0 bridgehead atoms. The second-order valence-electron chi connectivity index (χ2n) is 3.02. The van der Waals surface area contributed by atoms with Crippen LogP contribution in [0.4, 0.5) is 0 Å². The van der Waals surface area contributed by atoms with E-state index in [-0.39, 0.29) is 5.91 Å². The van der Waals surface area contributed by atoms with Gasteiger partial charge in [0.25, 0.3) is 5.91 Å². The molecule has 68 valence electrons. The van der Waals surface area contributed by atoms with Crippen LogP contribution < -0.4 is 0 Å². The molecule has 4 heteroatoms. The number of amides is 1. The summed E-state index contributed by atoms with van der Waals surface area (Å²) in [5.74, 6) is 0.0891. The first-order valence-corrected chi connectivity index (χ1v) is 4.97. The molecular formula is C9H9BrN2O. The predicted molar refractivity (Wildman–Crippen MR) is 52.5 cm³/mol. The lowest BCUT2D eigenvalue weighted by atomic mass is 10.1. The maximum atomic E-state index is 11.6. The minimum atomic E-state index is 0.0891. The molecule has 0 saturated carbocycles. The molecule has 2 rings (SSSR count). The standard InChI is InChI=1S/C9H9BrN2O/c10-8-3-2-7(6-11-8)9(13)12-4-1-5-12/h2-3,6H,1,4-5H2. The van der Waals surface area contributed by atoms with Crippen molar-refractivity contribution in [3.8, 4) is 0 Å². The summed E-state index contributed by atoms with van der Waals surface area (Å²) < 4.78 is 0.757. The van der Waals surface area contributed by atoms with Crippen LogP contribution in [0.25, 0.3) is 0 Å². The molecule has 0 N–H and O–H groups in total. The highest BCUT2D eigenvalue weighted by Crippen LogP contribution is 2.13. The first kappa shape index (κ1) is 8.69. The number of rotatable bonds is 1. The van der Waals surface area contributed by atoms with Gasteiger partial charge in [0, 0.05) is 19.3 Å². The third-order valence-corrected chi connectivity index (χ3v) is 2.59. The van der Waals surface area contributed by atoms with E-state index in [0.717, 1.165) is 24.1 Å². The Balaban J connectivity index is 2.15. The summed E-state index contributed by atoms with van der Waals surface area (Å²) in [7, 11) is 0. The number of halogens is 1.